The normalized spacial score (nSPS) is 10.3. The zero-order chi connectivity index (χ0) is 20.6. The standard InChI is InChI=1S/C22H17Cl2NO4/c23-16-10-9-15(20(24)12-16)11-22(27)28-14-21(26)25-17-5-4-8-19(13-17)29-18-6-2-1-3-7-18/h1-10,12-13H,11,14H2,(H,25,26). The number of hydrogen-bond acceptors (Lipinski definition) is 4. The number of carbonyl (C=O) groups is 2. The number of hydrogen-bond donors (Lipinski definition) is 1. The van der Waals surface area contributed by atoms with Gasteiger partial charge in [-0.05, 0) is 42.0 Å². The first-order chi connectivity index (χ1) is 14.0. The molecule has 0 saturated carbocycles. The van der Waals surface area contributed by atoms with Gasteiger partial charge in [-0.25, -0.2) is 0 Å². The van der Waals surface area contributed by atoms with Crippen molar-refractivity contribution >= 4 is 40.8 Å². The highest BCUT2D eigenvalue weighted by molar-refractivity contribution is 6.35. The Morgan fingerprint density at radius 1 is 0.862 bits per heavy atom. The van der Waals surface area contributed by atoms with Crippen LogP contribution in [0.3, 0.4) is 0 Å². The number of anilines is 1. The molecular weight excluding hydrogens is 413 g/mol. The average Bonchev–Trinajstić information content (AvgIpc) is 2.70. The fourth-order valence-corrected chi connectivity index (χ4v) is 2.95. The minimum Gasteiger partial charge on any atom is -0.457 e. The predicted molar refractivity (Wildman–Crippen MR) is 113 cm³/mol. The first kappa shape index (κ1) is 20.7. The number of halogens is 2. The Bertz CT molecular complexity index is 1010. The lowest BCUT2D eigenvalue weighted by Crippen LogP contribution is -2.21. The van der Waals surface area contributed by atoms with E-state index in [9.17, 15) is 9.59 Å². The van der Waals surface area contributed by atoms with Crippen molar-refractivity contribution in [3.05, 3.63) is 88.4 Å². The van der Waals surface area contributed by atoms with Gasteiger partial charge in [-0.2, -0.15) is 0 Å². The largest absolute Gasteiger partial charge is 0.457 e. The minimum atomic E-state index is -0.564. The fourth-order valence-electron chi connectivity index (χ4n) is 2.48. The summed E-state index contributed by atoms with van der Waals surface area (Å²) >= 11 is 11.9. The molecule has 0 radical (unpaired) electrons. The van der Waals surface area contributed by atoms with E-state index in [0.29, 0.717) is 32.8 Å². The van der Waals surface area contributed by atoms with Crippen molar-refractivity contribution in [2.45, 2.75) is 6.42 Å². The minimum absolute atomic E-state index is 0.0519. The van der Waals surface area contributed by atoms with Gasteiger partial charge < -0.3 is 14.8 Å². The van der Waals surface area contributed by atoms with Gasteiger partial charge in [0.2, 0.25) is 0 Å². The second kappa shape index (κ2) is 9.96. The molecule has 0 aromatic heterocycles. The van der Waals surface area contributed by atoms with E-state index in [-0.39, 0.29) is 6.42 Å². The number of benzene rings is 3. The summed E-state index contributed by atoms with van der Waals surface area (Å²) in [6, 6.07) is 21.0. The van der Waals surface area contributed by atoms with Crippen molar-refractivity contribution in [3.8, 4) is 11.5 Å². The quantitative estimate of drug-likeness (QED) is 0.502. The zero-order valence-electron chi connectivity index (χ0n) is 15.2. The maximum Gasteiger partial charge on any atom is 0.310 e. The van der Waals surface area contributed by atoms with Crippen LogP contribution in [0.4, 0.5) is 5.69 Å². The molecule has 0 aliphatic rings. The van der Waals surface area contributed by atoms with E-state index in [1.165, 1.54) is 0 Å². The van der Waals surface area contributed by atoms with Crippen LogP contribution in [0.15, 0.2) is 72.8 Å². The van der Waals surface area contributed by atoms with Crippen LogP contribution in [0.25, 0.3) is 0 Å². The molecule has 0 saturated heterocycles. The highest BCUT2D eigenvalue weighted by Crippen LogP contribution is 2.24. The lowest BCUT2D eigenvalue weighted by molar-refractivity contribution is -0.146. The van der Waals surface area contributed by atoms with Gasteiger partial charge in [0.05, 0.1) is 6.42 Å². The molecular formula is C22H17Cl2NO4. The van der Waals surface area contributed by atoms with Gasteiger partial charge in [-0.1, -0.05) is 53.5 Å². The fraction of sp³-hybridized carbons (Fsp3) is 0.0909. The molecule has 3 rings (SSSR count). The topological polar surface area (TPSA) is 64.6 Å². The van der Waals surface area contributed by atoms with E-state index in [0.717, 1.165) is 0 Å². The summed E-state index contributed by atoms with van der Waals surface area (Å²) in [5.74, 6) is 0.233. The smallest absolute Gasteiger partial charge is 0.310 e. The predicted octanol–water partition coefficient (Wildman–Crippen LogP) is 5.51. The number of ether oxygens (including phenoxy) is 2. The first-order valence-corrected chi connectivity index (χ1v) is 9.47. The molecule has 1 N–H and O–H groups in total. The molecule has 148 valence electrons. The van der Waals surface area contributed by atoms with Gasteiger partial charge >= 0.3 is 5.97 Å². The number of amides is 1. The summed E-state index contributed by atoms with van der Waals surface area (Å²) in [6.07, 6.45) is -0.0519. The summed E-state index contributed by atoms with van der Waals surface area (Å²) < 4.78 is 10.7. The van der Waals surface area contributed by atoms with Crippen LogP contribution in [0, 0.1) is 0 Å². The van der Waals surface area contributed by atoms with Gasteiger partial charge in [0.25, 0.3) is 5.91 Å². The monoisotopic (exact) mass is 429 g/mol. The van der Waals surface area contributed by atoms with Gasteiger partial charge in [0.1, 0.15) is 11.5 Å². The lowest BCUT2D eigenvalue weighted by Gasteiger charge is -2.10. The third-order valence-corrected chi connectivity index (χ3v) is 4.40. The molecule has 0 unspecified atom stereocenters. The van der Waals surface area contributed by atoms with E-state index < -0.39 is 18.5 Å². The molecule has 5 nitrogen and oxygen atoms in total. The Morgan fingerprint density at radius 2 is 1.62 bits per heavy atom. The summed E-state index contributed by atoms with van der Waals surface area (Å²) in [6.45, 7) is -0.409. The van der Waals surface area contributed by atoms with Crippen molar-refractivity contribution < 1.29 is 19.1 Å². The van der Waals surface area contributed by atoms with Crippen molar-refractivity contribution in [2.24, 2.45) is 0 Å². The van der Waals surface area contributed by atoms with Crippen LogP contribution >= 0.6 is 23.2 Å². The first-order valence-electron chi connectivity index (χ1n) is 8.72. The molecule has 0 heterocycles. The second-order valence-corrected chi connectivity index (χ2v) is 6.91. The average molecular weight is 430 g/mol. The van der Waals surface area contributed by atoms with Crippen molar-refractivity contribution in [1.29, 1.82) is 0 Å². The molecule has 0 bridgehead atoms. The molecule has 0 atom stereocenters. The highest BCUT2D eigenvalue weighted by Gasteiger charge is 2.12. The van der Waals surface area contributed by atoms with Gasteiger partial charge in [-0.3, -0.25) is 9.59 Å². The Hall–Kier alpha value is -3.02. The molecule has 3 aromatic carbocycles. The second-order valence-electron chi connectivity index (χ2n) is 6.06. The maximum atomic E-state index is 12.1. The molecule has 0 aliphatic heterocycles. The molecule has 0 fully saturated rings. The number of esters is 1. The third kappa shape index (κ3) is 6.52. The maximum absolute atomic E-state index is 12.1. The molecule has 7 heteroatoms. The molecule has 29 heavy (non-hydrogen) atoms. The Morgan fingerprint density at radius 3 is 2.38 bits per heavy atom. The Kier molecular flexibility index (Phi) is 7.11. The van der Waals surface area contributed by atoms with Crippen molar-refractivity contribution in [1.82, 2.24) is 0 Å². The third-order valence-electron chi connectivity index (χ3n) is 3.81. The van der Waals surface area contributed by atoms with Gasteiger partial charge in [-0.15, -0.1) is 0 Å². The van der Waals surface area contributed by atoms with Gasteiger partial charge in [0.15, 0.2) is 6.61 Å². The summed E-state index contributed by atoms with van der Waals surface area (Å²) in [5, 5.41) is 3.51. The zero-order valence-corrected chi connectivity index (χ0v) is 16.7. The molecule has 0 aliphatic carbocycles. The van der Waals surface area contributed by atoms with E-state index in [1.807, 2.05) is 30.3 Å². The summed E-state index contributed by atoms with van der Waals surface area (Å²) in [5.41, 5.74) is 1.10. The summed E-state index contributed by atoms with van der Waals surface area (Å²) in [4.78, 5) is 24.0. The van der Waals surface area contributed by atoms with Crippen LogP contribution in [-0.2, 0) is 20.7 Å². The van der Waals surface area contributed by atoms with Crippen LogP contribution in [-0.4, -0.2) is 18.5 Å². The number of rotatable bonds is 7. The highest BCUT2D eigenvalue weighted by atomic mass is 35.5. The van der Waals surface area contributed by atoms with E-state index >= 15 is 0 Å². The molecule has 1 amide bonds. The van der Waals surface area contributed by atoms with Crippen LogP contribution in [0.2, 0.25) is 10.0 Å². The molecule has 3 aromatic rings. The Balaban J connectivity index is 1.50. The van der Waals surface area contributed by atoms with Crippen LogP contribution in [0.1, 0.15) is 5.56 Å². The van der Waals surface area contributed by atoms with E-state index in [4.69, 9.17) is 32.7 Å². The van der Waals surface area contributed by atoms with Gasteiger partial charge in [0, 0.05) is 21.8 Å². The number of nitrogens with one attached hydrogen (secondary N) is 1. The van der Waals surface area contributed by atoms with Crippen LogP contribution < -0.4 is 10.1 Å². The van der Waals surface area contributed by atoms with E-state index in [2.05, 4.69) is 5.32 Å². The van der Waals surface area contributed by atoms with Crippen molar-refractivity contribution in [2.75, 3.05) is 11.9 Å². The van der Waals surface area contributed by atoms with E-state index in [1.54, 1.807) is 42.5 Å². The van der Waals surface area contributed by atoms with Crippen molar-refractivity contribution in [3.63, 3.8) is 0 Å². The Labute approximate surface area is 178 Å². The van der Waals surface area contributed by atoms with Crippen LogP contribution in [0.5, 0.6) is 11.5 Å². The lowest BCUT2D eigenvalue weighted by atomic mass is 10.1. The summed E-state index contributed by atoms with van der Waals surface area (Å²) in [7, 11) is 0. The SMILES string of the molecule is O=C(COC(=O)Cc1ccc(Cl)cc1Cl)Nc1cccc(Oc2ccccc2)c1. The number of para-hydroxylation sites is 1. The molecule has 0 spiro atoms. The number of carbonyl (C=O) groups excluding carboxylic acids is 2.